The first-order valence-corrected chi connectivity index (χ1v) is 34.5. The molecular weight excluding hydrogens is 1880 g/mol. The first kappa shape index (κ1) is 105. The second-order valence-corrected chi connectivity index (χ2v) is 24.2. The second-order valence-electron chi connectivity index (χ2n) is 23.0. The summed E-state index contributed by atoms with van der Waals surface area (Å²) in [5.41, 5.74) is 5.22. The number of esters is 2. The van der Waals surface area contributed by atoms with E-state index < -0.39 is 48.0 Å². The molecule has 1 amide bonds. The number of hydrogen-bond donors (Lipinski definition) is 6. The van der Waals surface area contributed by atoms with Crippen LogP contribution in [-0.4, -0.2) is 218 Å². The molecule has 6 aromatic carbocycles. The van der Waals surface area contributed by atoms with E-state index >= 15 is 0 Å². The average molecular weight is 1950 g/mol. The van der Waals surface area contributed by atoms with Crippen LogP contribution in [0.5, 0.6) is 86.6 Å². The van der Waals surface area contributed by atoms with Gasteiger partial charge >= 0.3 is 106 Å². The molecule has 0 spiro atoms. The van der Waals surface area contributed by atoms with Crippen molar-refractivity contribution < 1.29 is 224 Å². The fraction of sp³-hybridized carbons (Fsp3) is 0.240. The Morgan fingerprint density at radius 1 is 0.571 bits per heavy atom. The molecule has 8 N–H and O–H groups in total. The number of carbonyl (C=O) groups is 5. The molecule has 0 unspecified atom stereocenters. The number of amides is 1. The topological polar surface area (TPSA) is 490 Å². The first-order valence-electron chi connectivity index (χ1n) is 33.8. The molecule has 0 saturated heterocycles. The molecule has 0 aliphatic carbocycles. The van der Waals surface area contributed by atoms with Crippen molar-refractivity contribution in [1.29, 1.82) is 0 Å². The first-order chi connectivity index (χ1) is 55.6. The number of aliphatic hydroxyl groups is 2. The number of nitrogens with two attached hydrogens (primary N) is 1. The Morgan fingerprint density at radius 2 is 0.908 bits per heavy atom. The van der Waals surface area contributed by atoms with Gasteiger partial charge in [0, 0.05) is 142 Å². The van der Waals surface area contributed by atoms with Gasteiger partial charge in [-0.25, -0.2) is 63.0 Å². The molecular formula is C75H74Cl3Cs2F3LiN10O25. The van der Waals surface area contributed by atoms with Crippen molar-refractivity contribution >= 4 is 134 Å². The van der Waals surface area contributed by atoms with Gasteiger partial charge in [-0.1, -0.05) is 35.9 Å². The minimum atomic E-state index is -1.16. The van der Waals surface area contributed by atoms with Gasteiger partial charge in [0.15, 0.2) is 46.0 Å². The molecule has 0 atom stereocenters. The smallest absolute Gasteiger partial charge is 0.870 e. The van der Waals surface area contributed by atoms with Crippen LogP contribution >= 0.6 is 34.8 Å². The van der Waals surface area contributed by atoms with Crippen LogP contribution in [0.3, 0.4) is 0 Å². The quantitative estimate of drug-likeness (QED) is 0.0125. The molecule has 119 heavy (non-hydrogen) atoms. The number of alkyl halides is 3. The van der Waals surface area contributed by atoms with Crippen molar-refractivity contribution in [2.45, 2.75) is 65.8 Å². The average Bonchev–Trinajstić information content (AvgIpc) is 1.16. The summed E-state index contributed by atoms with van der Waals surface area (Å²) >= 11 is 15.1. The molecule has 4 aliphatic rings. The predicted octanol–water partition coefficient (Wildman–Crippen LogP) is 5.00. The van der Waals surface area contributed by atoms with Crippen LogP contribution in [0.2, 0.25) is 5.15 Å². The summed E-state index contributed by atoms with van der Waals surface area (Å²) in [6.45, 7) is 11.0. The van der Waals surface area contributed by atoms with Gasteiger partial charge in [-0.3, -0.25) is 14.0 Å². The zero-order chi connectivity index (χ0) is 84.7. The number of aromatic nitrogens is 8. The van der Waals surface area contributed by atoms with Crippen LogP contribution in [0.25, 0.3) is 0 Å². The van der Waals surface area contributed by atoms with Crippen LogP contribution in [0.4, 0.5) is 13.2 Å². The molecule has 8 heterocycles. The number of fused-ring (bicyclic) bond motifs is 4. The van der Waals surface area contributed by atoms with Crippen LogP contribution in [0.1, 0.15) is 107 Å². The number of ether oxygens (including phenoxy) is 13. The third kappa shape index (κ3) is 34.7. The number of nitrogens with zero attached hydrogens (tertiary/aromatic N) is 8. The fourth-order valence-electron chi connectivity index (χ4n) is 8.99. The van der Waals surface area contributed by atoms with Crippen LogP contribution < -0.4 is 156 Å². The number of benzene rings is 6. The number of phenols is 1. The van der Waals surface area contributed by atoms with E-state index in [1.165, 1.54) is 74.4 Å². The molecule has 0 fully saturated rings. The third-order valence-electron chi connectivity index (χ3n) is 14.4. The summed E-state index contributed by atoms with van der Waals surface area (Å²) in [5, 5.41) is 48.9. The molecule has 1 radical (unpaired) electrons. The molecule has 10 aromatic rings. The summed E-state index contributed by atoms with van der Waals surface area (Å²) in [6.07, 6.45) is 10.2. The van der Waals surface area contributed by atoms with Gasteiger partial charge < -0.3 is 109 Å². The summed E-state index contributed by atoms with van der Waals surface area (Å²) < 4.78 is 111. The Labute approximate surface area is 824 Å². The van der Waals surface area contributed by atoms with E-state index in [-0.39, 0.29) is 283 Å². The van der Waals surface area contributed by atoms with Crippen LogP contribution in [-0.2, 0) is 43.4 Å². The Kier molecular flexibility index (Phi) is 49.1. The molecule has 14 rings (SSSR count). The standard InChI is InChI=1S/C22H20FN3O5.C14H12N2O5.C12H8N2O5.C10H14FNO.C7H7ClN2O2.C7H6O3.CH2Cl2.CH3F.CH2O3.2Cs.Li.H2O/c1-22(2,28)14-4-3-13(17(23)7-14)9-25-20(27)16-10-24-11-26-21(16)31-15-5-6-18-19(8-15)30-12-29-18;1-2-18-14(17)10-6-15-7-16-13(10)21-9-3-4-11-12(5-9)20-8-19-11;15-12(16)8-4-13-5-14-11(8)19-7-1-2-9-10(3-7)18-6-17-9;1-10(2,13)8-4-3-7(6-12)9(11)5-8;1-2-12-7(11)5-3-9-4-10-6(5)8;8-5-1-2-6-7(3-5)10-4-9-6;2-1-3;1-2;2-1-4-3;;;;/h3-8,10-11,28H,9,12H2,1-2H3,(H,25,27);3-7H,2,8H2,1H3;1-5H,6H2,(H,15,16);3-5,13H,6,12H2,1-2H3;3-4H,2H2,1H3;1-3,8H,4H2;1H2;1H3;1,3H;;;;1H2/q;;;;;;;;;;2*+1;/p-2/i;;;;;;;1D;;;;;. The van der Waals surface area contributed by atoms with Crippen molar-refractivity contribution in [2.24, 2.45) is 5.73 Å². The maximum Gasteiger partial charge on any atom is 1.00 e. The molecule has 4 aromatic heterocycles. The number of aromatic hydroxyl groups is 1. The number of hydrogen-bond acceptors (Lipinski definition) is 33. The molecule has 0 bridgehead atoms. The van der Waals surface area contributed by atoms with E-state index in [2.05, 4.69) is 50.1 Å². The number of phenolic OH excluding ortho intramolecular Hbond substituents is 1. The number of aromatic carboxylic acids is 1. The van der Waals surface area contributed by atoms with Gasteiger partial charge in [0.2, 0.25) is 44.8 Å². The van der Waals surface area contributed by atoms with Crippen molar-refractivity contribution in [1.82, 2.24) is 45.2 Å². The number of carboxylic acids is 1. The molecule has 35 nitrogen and oxygen atoms in total. The largest absolute Gasteiger partial charge is 1.00 e. The summed E-state index contributed by atoms with van der Waals surface area (Å²) in [7, 11) is -1.00. The van der Waals surface area contributed by atoms with Crippen LogP contribution in [0.15, 0.2) is 159 Å². The summed E-state index contributed by atoms with van der Waals surface area (Å²) in [6, 6.07) is 28.8. The molecule has 0 saturated carbocycles. The number of carbonyl (C=O) groups excluding carboxylic acids is 4. The zero-order valence-corrected chi connectivity index (χ0v) is 79.8. The maximum atomic E-state index is 14.4. The number of rotatable bonds is 18. The number of halogens is 6. The third-order valence-corrected chi connectivity index (χ3v) is 14.7. The van der Waals surface area contributed by atoms with Gasteiger partial charge in [0.25, 0.3) is 12.4 Å². The Balaban J connectivity index is 0.000000490. The number of carboxylic acid groups (broad SMARTS) is 1. The normalized spacial score (nSPS) is 11.2. The van der Waals surface area contributed by atoms with E-state index in [9.17, 15) is 42.6 Å². The van der Waals surface area contributed by atoms with E-state index in [0.29, 0.717) is 86.5 Å². The minimum absolute atomic E-state index is 0. The zero-order valence-electron chi connectivity index (χ0n) is 66.0. The van der Waals surface area contributed by atoms with E-state index in [4.69, 9.17) is 124 Å². The fourth-order valence-corrected chi connectivity index (χ4v) is 9.16. The SMILES string of the molecule is CC(C)(O)c1ccc(CN)c(F)c1.CC(C)(O)c1ccc(CNC(=O)c2cncnc2Oc2ccc3c(c2)OCO3)c(F)c1.CCOC(=O)c1cncnc1Cl.CCOC(=O)c1cncnc1Oc1ccc2c(c1)OCO2.ClCCl.O=C(O)c1cncnc1Oc1ccc2c(c1)OCO2.O=CO[O-].Oc1ccc2c(c1)OCO2.[2H]CF.[Cs+].[Cs].[Li+].[OH-]. The minimum Gasteiger partial charge on any atom is -0.870 e. The maximum absolute atomic E-state index is 14.4. The van der Waals surface area contributed by atoms with E-state index in [0.717, 1.165) is 0 Å². The Bertz CT molecular complexity index is 4920. The van der Waals surface area contributed by atoms with Gasteiger partial charge in [-0.2, -0.15) is 0 Å². The second kappa shape index (κ2) is 55.6. The van der Waals surface area contributed by atoms with Crippen molar-refractivity contribution in [3.05, 3.63) is 221 Å². The van der Waals surface area contributed by atoms with Crippen molar-refractivity contribution in [3.63, 3.8) is 0 Å². The van der Waals surface area contributed by atoms with Gasteiger partial charge in [-0.05, 0) is 113 Å². The van der Waals surface area contributed by atoms with E-state index in [1.54, 1.807) is 126 Å². The molecule has 619 valence electrons. The summed E-state index contributed by atoms with van der Waals surface area (Å²) in [4.78, 5) is 88.2. The predicted molar refractivity (Wildman–Crippen MR) is 405 cm³/mol. The Morgan fingerprint density at radius 3 is 1.28 bits per heavy atom. The van der Waals surface area contributed by atoms with Gasteiger partial charge in [0.1, 0.15) is 87.3 Å². The number of nitrogens with one attached hydrogen (secondary N) is 1. The van der Waals surface area contributed by atoms with Gasteiger partial charge in [-0.15, -0.1) is 23.2 Å². The van der Waals surface area contributed by atoms with E-state index in [1.807, 2.05) is 0 Å². The van der Waals surface area contributed by atoms with Crippen molar-refractivity contribution in [2.75, 3.05) is 52.9 Å². The Hall–Kier alpha value is -8.25. The summed E-state index contributed by atoms with van der Waals surface area (Å²) in [5.74, 6) is 2.87. The molecule has 4 aliphatic heterocycles. The van der Waals surface area contributed by atoms with Gasteiger partial charge in [0.05, 0.1) is 38.3 Å². The van der Waals surface area contributed by atoms with Crippen molar-refractivity contribution in [3.8, 4) is 86.6 Å². The monoisotopic (exact) mass is 1950 g/mol. The van der Waals surface area contributed by atoms with Crippen LogP contribution in [0, 0.1) is 11.6 Å². The molecule has 44 heteroatoms.